The Morgan fingerprint density at radius 3 is 2.73 bits per heavy atom. The molecule has 0 aliphatic rings. The number of hydrogen-bond donors (Lipinski definition) is 0. The number of methoxy groups -OCH3 is 1. The zero-order valence-corrected chi connectivity index (χ0v) is 7.64. The second-order valence-electron chi connectivity index (χ2n) is 1.85. The van der Waals surface area contributed by atoms with E-state index in [0.717, 1.165) is 0 Å². The molecule has 60 valence electrons. The summed E-state index contributed by atoms with van der Waals surface area (Å²) in [6.45, 7) is 1.65. The van der Waals surface area contributed by atoms with Gasteiger partial charge in [0.1, 0.15) is 0 Å². The van der Waals surface area contributed by atoms with Crippen LogP contribution in [0.3, 0.4) is 0 Å². The summed E-state index contributed by atoms with van der Waals surface area (Å²) in [6, 6.07) is 0. The number of hydrogen-bond acceptors (Lipinski definition) is 4. The Kier molecular flexibility index (Phi) is 2.28. The summed E-state index contributed by atoms with van der Waals surface area (Å²) in [5, 5.41) is 0. The maximum Gasteiger partial charge on any atom is 0.361 e. The van der Waals surface area contributed by atoms with Crippen LogP contribution in [0.15, 0.2) is 9.09 Å². The highest BCUT2D eigenvalue weighted by molar-refractivity contribution is 9.10. The Bertz CT molecular complexity index is 281. The van der Waals surface area contributed by atoms with E-state index in [2.05, 4.69) is 25.7 Å². The molecule has 0 aromatic carbocycles. The van der Waals surface area contributed by atoms with Crippen molar-refractivity contribution in [2.24, 2.45) is 0 Å². The SMILES string of the molecule is COC(=O)c1nc(C)oc1Br. The van der Waals surface area contributed by atoms with Gasteiger partial charge in [-0.3, -0.25) is 0 Å². The average molecular weight is 220 g/mol. The molecule has 0 amide bonds. The number of rotatable bonds is 1. The van der Waals surface area contributed by atoms with Crippen LogP contribution < -0.4 is 0 Å². The fourth-order valence-electron chi connectivity index (χ4n) is 0.625. The van der Waals surface area contributed by atoms with Crippen molar-refractivity contribution in [2.75, 3.05) is 7.11 Å². The van der Waals surface area contributed by atoms with Gasteiger partial charge in [0, 0.05) is 6.92 Å². The highest BCUT2D eigenvalue weighted by Crippen LogP contribution is 2.17. The molecule has 0 N–H and O–H groups in total. The lowest BCUT2D eigenvalue weighted by Crippen LogP contribution is -2.02. The number of esters is 1. The van der Waals surface area contributed by atoms with E-state index in [9.17, 15) is 4.79 Å². The van der Waals surface area contributed by atoms with Crippen molar-refractivity contribution < 1.29 is 13.9 Å². The maximum absolute atomic E-state index is 10.9. The first-order chi connectivity index (χ1) is 5.15. The lowest BCUT2D eigenvalue weighted by Gasteiger charge is -1.90. The Hall–Kier alpha value is -0.840. The van der Waals surface area contributed by atoms with Gasteiger partial charge >= 0.3 is 5.97 Å². The molecule has 0 spiro atoms. The largest absolute Gasteiger partial charge is 0.464 e. The summed E-state index contributed by atoms with van der Waals surface area (Å²) in [5.41, 5.74) is 0.171. The summed E-state index contributed by atoms with van der Waals surface area (Å²) in [7, 11) is 1.29. The third-order valence-electron chi connectivity index (χ3n) is 1.07. The van der Waals surface area contributed by atoms with Gasteiger partial charge in [-0.15, -0.1) is 0 Å². The minimum absolute atomic E-state index is 0.171. The molecule has 4 nitrogen and oxygen atoms in total. The van der Waals surface area contributed by atoms with Crippen molar-refractivity contribution in [3.63, 3.8) is 0 Å². The summed E-state index contributed by atoms with van der Waals surface area (Å²) in [5.74, 6) is -0.0778. The van der Waals surface area contributed by atoms with Gasteiger partial charge in [0.15, 0.2) is 5.89 Å². The third kappa shape index (κ3) is 1.59. The van der Waals surface area contributed by atoms with Crippen molar-refractivity contribution in [3.05, 3.63) is 16.3 Å². The predicted octanol–water partition coefficient (Wildman–Crippen LogP) is 1.53. The fraction of sp³-hybridized carbons (Fsp3) is 0.333. The van der Waals surface area contributed by atoms with E-state index in [4.69, 9.17) is 4.42 Å². The summed E-state index contributed by atoms with van der Waals surface area (Å²) in [6.07, 6.45) is 0. The first-order valence-electron chi connectivity index (χ1n) is 2.86. The second-order valence-corrected chi connectivity index (χ2v) is 2.57. The number of halogens is 1. The van der Waals surface area contributed by atoms with Crippen molar-refractivity contribution in [1.29, 1.82) is 0 Å². The summed E-state index contributed by atoms with van der Waals surface area (Å²) >= 11 is 3.03. The normalized spacial score (nSPS) is 9.73. The number of oxazole rings is 1. The lowest BCUT2D eigenvalue weighted by molar-refractivity contribution is 0.0592. The van der Waals surface area contributed by atoms with Crippen LogP contribution in [0.2, 0.25) is 0 Å². The van der Waals surface area contributed by atoms with E-state index in [-0.39, 0.29) is 5.69 Å². The number of nitrogens with zero attached hydrogens (tertiary/aromatic N) is 1. The van der Waals surface area contributed by atoms with Crippen LogP contribution >= 0.6 is 15.9 Å². The molecule has 0 aliphatic carbocycles. The zero-order valence-electron chi connectivity index (χ0n) is 6.05. The molecule has 0 radical (unpaired) electrons. The van der Waals surface area contributed by atoms with E-state index < -0.39 is 5.97 Å². The van der Waals surface area contributed by atoms with E-state index in [0.29, 0.717) is 10.6 Å². The van der Waals surface area contributed by atoms with E-state index in [1.54, 1.807) is 6.92 Å². The van der Waals surface area contributed by atoms with Crippen molar-refractivity contribution in [1.82, 2.24) is 4.98 Å². The number of aryl methyl sites for hydroxylation is 1. The van der Waals surface area contributed by atoms with Gasteiger partial charge in [0.05, 0.1) is 7.11 Å². The Morgan fingerprint density at radius 1 is 1.73 bits per heavy atom. The maximum atomic E-state index is 10.9. The monoisotopic (exact) mass is 219 g/mol. The Balaban J connectivity index is 3.03. The van der Waals surface area contributed by atoms with Gasteiger partial charge in [-0.2, -0.15) is 0 Å². The van der Waals surface area contributed by atoms with Gasteiger partial charge in [-0.1, -0.05) is 0 Å². The zero-order chi connectivity index (χ0) is 8.43. The van der Waals surface area contributed by atoms with Gasteiger partial charge < -0.3 is 9.15 Å². The van der Waals surface area contributed by atoms with Crippen molar-refractivity contribution in [3.8, 4) is 0 Å². The molecule has 1 heterocycles. The number of carbonyl (C=O) groups is 1. The molecule has 5 heteroatoms. The first-order valence-corrected chi connectivity index (χ1v) is 3.65. The molecule has 1 aromatic heterocycles. The molecular weight excluding hydrogens is 214 g/mol. The van der Waals surface area contributed by atoms with Gasteiger partial charge in [-0.25, -0.2) is 9.78 Å². The summed E-state index contributed by atoms with van der Waals surface area (Å²) < 4.78 is 9.69. The predicted molar refractivity (Wildman–Crippen MR) is 40.3 cm³/mol. The minimum Gasteiger partial charge on any atom is -0.464 e. The highest BCUT2D eigenvalue weighted by Gasteiger charge is 2.16. The van der Waals surface area contributed by atoms with Gasteiger partial charge in [-0.05, 0) is 15.9 Å². The molecule has 0 fully saturated rings. The van der Waals surface area contributed by atoms with Crippen LogP contribution in [0.4, 0.5) is 0 Å². The summed E-state index contributed by atoms with van der Waals surface area (Å²) in [4.78, 5) is 14.7. The van der Waals surface area contributed by atoms with Crippen molar-refractivity contribution in [2.45, 2.75) is 6.92 Å². The van der Waals surface area contributed by atoms with Crippen LogP contribution in [-0.2, 0) is 4.74 Å². The molecular formula is C6H6BrNO3. The highest BCUT2D eigenvalue weighted by atomic mass is 79.9. The molecule has 0 atom stereocenters. The quantitative estimate of drug-likeness (QED) is 0.673. The smallest absolute Gasteiger partial charge is 0.361 e. The van der Waals surface area contributed by atoms with E-state index in [1.165, 1.54) is 7.11 Å². The average Bonchev–Trinajstić information content (AvgIpc) is 2.28. The Labute approximate surface area is 71.7 Å². The van der Waals surface area contributed by atoms with Crippen molar-refractivity contribution >= 4 is 21.9 Å². The van der Waals surface area contributed by atoms with Crippen LogP contribution in [0.25, 0.3) is 0 Å². The van der Waals surface area contributed by atoms with Crippen LogP contribution in [0, 0.1) is 6.92 Å². The lowest BCUT2D eigenvalue weighted by atomic mass is 10.5. The minimum atomic E-state index is -0.506. The van der Waals surface area contributed by atoms with Crippen LogP contribution in [0.1, 0.15) is 16.4 Å². The topological polar surface area (TPSA) is 52.3 Å². The molecule has 1 rings (SSSR count). The molecule has 0 saturated heterocycles. The molecule has 0 aliphatic heterocycles. The second kappa shape index (κ2) is 3.04. The Morgan fingerprint density at radius 2 is 2.36 bits per heavy atom. The fourth-order valence-corrected chi connectivity index (χ4v) is 1.11. The molecule has 1 aromatic rings. The number of aromatic nitrogens is 1. The number of ether oxygens (including phenoxy) is 1. The van der Waals surface area contributed by atoms with Gasteiger partial charge in [0.25, 0.3) is 0 Å². The molecule has 11 heavy (non-hydrogen) atoms. The number of carbonyl (C=O) groups excluding carboxylic acids is 1. The standard InChI is InChI=1S/C6H6BrNO3/c1-3-8-4(5(7)11-3)6(9)10-2/h1-2H3. The van der Waals surface area contributed by atoms with Gasteiger partial charge in [0.2, 0.25) is 10.4 Å². The third-order valence-corrected chi connectivity index (χ3v) is 1.61. The molecule has 0 saturated carbocycles. The van der Waals surface area contributed by atoms with E-state index in [1.807, 2.05) is 0 Å². The van der Waals surface area contributed by atoms with E-state index >= 15 is 0 Å². The van der Waals surface area contributed by atoms with Crippen LogP contribution in [0.5, 0.6) is 0 Å². The molecule has 0 unspecified atom stereocenters. The molecule has 0 bridgehead atoms. The van der Waals surface area contributed by atoms with Crippen LogP contribution in [-0.4, -0.2) is 18.1 Å². The first kappa shape index (κ1) is 8.26.